The van der Waals surface area contributed by atoms with Crippen LogP contribution in [-0.2, 0) is 13.7 Å². The second kappa shape index (κ2) is 8.21. The molecule has 1 saturated heterocycles. The average molecular weight is 420 g/mol. The molecular formula is C18H9B3F6O3. The molecule has 0 atom stereocenters. The van der Waals surface area contributed by atoms with Gasteiger partial charge in [-0.1, -0.05) is 18.2 Å². The second-order valence-corrected chi connectivity index (χ2v) is 6.42. The summed E-state index contributed by atoms with van der Waals surface area (Å²) in [5.74, 6) is -6.79. The van der Waals surface area contributed by atoms with Gasteiger partial charge in [0.15, 0.2) is 34.9 Å². The third-order valence-electron chi connectivity index (χ3n) is 4.39. The molecule has 3 aromatic rings. The van der Waals surface area contributed by atoms with E-state index in [4.69, 9.17) is 13.7 Å². The zero-order valence-corrected chi connectivity index (χ0v) is 14.9. The lowest BCUT2D eigenvalue weighted by atomic mass is 9.61. The van der Waals surface area contributed by atoms with E-state index in [1.807, 2.05) is 0 Å². The van der Waals surface area contributed by atoms with Crippen LogP contribution in [0.1, 0.15) is 0 Å². The van der Waals surface area contributed by atoms with Gasteiger partial charge in [-0.25, -0.2) is 26.3 Å². The van der Waals surface area contributed by atoms with Crippen molar-refractivity contribution >= 4 is 37.7 Å². The Bertz CT molecular complexity index is 960. The zero-order valence-electron chi connectivity index (χ0n) is 14.9. The number of halogens is 6. The van der Waals surface area contributed by atoms with Crippen molar-refractivity contribution in [2.75, 3.05) is 0 Å². The third kappa shape index (κ3) is 4.11. The fraction of sp³-hybridized carbons (Fsp3) is 0. The molecule has 12 heteroatoms. The normalized spacial score (nSPS) is 14.4. The SMILES string of the molecule is Fc1ccc(B2OB(c3ccc(F)c(F)c3)OB(c3ccc(F)c(F)c3)O2)cc1F. The van der Waals surface area contributed by atoms with Crippen LogP contribution < -0.4 is 16.4 Å². The first kappa shape index (κ1) is 20.6. The first-order valence-corrected chi connectivity index (χ1v) is 8.63. The van der Waals surface area contributed by atoms with Gasteiger partial charge in [-0.3, -0.25) is 0 Å². The van der Waals surface area contributed by atoms with Crippen LogP contribution in [0.2, 0.25) is 0 Å². The lowest BCUT2D eigenvalue weighted by Gasteiger charge is -2.31. The zero-order chi connectivity index (χ0) is 21.4. The summed E-state index contributed by atoms with van der Waals surface area (Å²) in [7, 11) is -4.03. The molecule has 0 radical (unpaired) electrons. The summed E-state index contributed by atoms with van der Waals surface area (Å²) >= 11 is 0. The maximum absolute atomic E-state index is 13.7. The van der Waals surface area contributed by atoms with Crippen molar-refractivity contribution in [3.05, 3.63) is 89.5 Å². The van der Waals surface area contributed by atoms with Gasteiger partial charge in [-0.05, 0) is 52.8 Å². The monoisotopic (exact) mass is 420 g/mol. The summed E-state index contributed by atoms with van der Waals surface area (Å²) in [6, 6.07) is 8.63. The fourth-order valence-electron chi connectivity index (χ4n) is 2.88. The van der Waals surface area contributed by atoms with Crippen molar-refractivity contribution in [1.29, 1.82) is 0 Å². The maximum atomic E-state index is 13.7. The molecule has 4 rings (SSSR count). The minimum Gasteiger partial charge on any atom is -0.445 e. The summed E-state index contributed by atoms with van der Waals surface area (Å²) in [5.41, 5.74) is 0.159. The van der Waals surface area contributed by atoms with Gasteiger partial charge >= 0.3 is 21.4 Å². The van der Waals surface area contributed by atoms with Crippen molar-refractivity contribution < 1.29 is 40.1 Å². The molecule has 150 valence electrons. The van der Waals surface area contributed by atoms with E-state index in [1.54, 1.807) is 0 Å². The Balaban J connectivity index is 1.72. The molecule has 0 N–H and O–H groups in total. The molecule has 1 aliphatic heterocycles. The van der Waals surface area contributed by atoms with Crippen LogP contribution in [0.25, 0.3) is 0 Å². The van der Waals surface area contributed by atoms with Crippen LogP contribution in [-0.4, -0.2) is 21.4 Å². The first-order chi connectivity index (χ1) is 14.3. The molecule has 1 aliphatic rings. The fourth-order valence-corrected chi connectivity index (χ4v) is 2.88. The number of hydrogen-bond acceptors (Lipinski definition) is 3. The molecular weight excluding hydrogens is 411 g/mol. The molecule has 0 unspecified atom stereocenters. The van der Waals surface area contributed by atoms with E-state index in [-0.39, 0.29) is 16.4 Å². The molecule has 1 heterocycles. The van der Waals surface area contributed by atoms with E-state index in [1.165, 1.54) is 18.2 Å². The van der Waals surface area contributed by atoms with Crippen LogP contribution in [0, 0.1) is 34.9 Å². The van der Waals surface area contributed by atoms with Crippen molar-refractivity contribution in [2.45, 2.75) is 0 Å². The molecule has 0 bridgehead atoms. The van der Waals surface area contributed by atoms with Crippen molar-refractivity contribution in [3.8, 4) is 0 Å². The molecule has 0 amide bonds. The van der Waals surface area contributed by atoms with E-state index in [0.717, 1.165) is 36.4 Å². The Labute approximate surface area is 168 Å². The van der Waals surface area contributed by atoms with Gasteiger partial charge in [0, 0.05) is 0 Å². The molecule has 3 nitrogen and oxygen atoms in total. The number of rotatable bonds is 3. The molecule has 0 aliphatic carbocycles. The molecule has 0 spiro atoms. The van der Waals surface area contributed by atoms with Crippen molar-refractivity contribution in [2.24, 2.45) is 0 Å². The van der Waals surface area contributed by atoms with Gasteiger partial charge < -0.3 is 13.7 Å². The minimum absolute atomic E-state index is 0.0531. The van der Waals surface area contributed by atoms with E-state index in [9.17, 15) is 26.3 Å². The van der Waals surface area contributed by atoms with Gasteiger partial charge in [0.05, 0.1) is 0 Å². The second-order valence-electron chi connectivity index (χ2n) is 6.42. The lowest BCUT2D eigenvalue weighted by Crippen LogP contribution is -2.61. The summed E-state index contributed by atoms with van der Waals surface area (Å²) in [6.45, 7) is 0. The van der Waals surface area contributed by atoms with E-state index >= 15 is 0 Å². The molecule has 0 saturated carbocycles. The summed E-state index contributed by atoms with van der Waals surface area (Å²) in [5, 5.41) is 0. The highest BCUT2D eigenvalue weighted by atomic mass is 19.2. The van der Waals surface area contributed by atoms with Crippen LogP contribution >= 0.6 is 0 Å². The van der Waals surface area contributed by atoms with Gasteiger partial charge in [-0.15, -0.1) is 0 Å². The summed E-state index contributed by atoms with van der Waals surface area (Å²) in [6.07, 6.45) is 0. The lowest BCUT2D eigenvalue weighted by molar-refractivity contribution is 0.308. The van der Waals surface area contributed by atoms with Gasteiger partial charge in [-0.2, -0.15) is 0 Å². The first-order valence-electron chi connectivity index (χ1n) is 8.63. The van der Waals surface area contributed by atoms with Gasteiger partial charge in [0.2, 0.25) is 0 Å². The Hall–Kier alpha value is -2.69. The topological polar surface area (TPSA) is 27.7 Å². The Kier molecular flexibility index (Phi) is 5.63. The van der Waals surface area contributed by atoms with Crippen molar-refractivity contribution in [3.63, 3.8) is 0 Å². The van der Waals surface area contributed by atoms with Crippen LogP contribution in [0.15, 0.2) is 54.6 Å². The quantitative estimate of drug-likeness (QED) is 0.480. The minimum atomic E-state index is -1.34. The third-order valence-corrected chi connectivity index (χ3v) is 4.39. The molecule has 30 heavy (non-hydrogen) atoms. The number of hydrogen-bond donors (Lipinski definition) is 0. The molecule has 0 aromatic heterocycles. The standard InChI is InChI=1S/C18H9B3F6O3/c22-13-4-1-10(7-16(13)25)19-28-20(11-2-5-14(23)17(26)8-11)30-21(29-19)12-3-6-15(24)18(27)9-12/h1-9H. The Morgan fingerprint density at radius 3 is 0.900 bits per heavy atom. The largest absolute Gasteiger partial charge is 0.467 e. The van der Waals surface area contributed by atoms with Crippen LogP contribution in [0.4, 0.5) is 26.3 Å². The van der Waals surface area contributed by atoms with Gasteiger partial charge in [0.25, 0.3) is 0 Å². The Morgan fingerprint density at radius 1 is 0.400 bits per heavy atom. The van der Waals surface area contributed by atoms with Crippen LogP contribution in [0.5, 0.6) is 0 Å². The van der Waals surface area contributed by atoms with Gasteiger partial charge in [0.1, 0.15) is 0 Å². The number of benzene rings is 3. The average Bonchev–Trinajstić information content (AvgIpc) is 2.73. The highest BCUT2D eigenvalue weighted by molar-refractivity contribution is 6.87. The highest BCUT2D eigenvalue weighted by Crippen LogP contribution is 2.14. The molecule has 3 aromatic carbocycles. The summed E-state index contributed by atoms with van der Waals surface area (Å²) < 4.78 is 97.5. The smallest absolute Gasteiger partial charge is 0.445 e. The van der Waals surface area contributed by atoms with Crippen LogP contribution in [0.3, 0.4) is 0 Å². The van der Waals surface area contributed by atoms with Crippen molar-refractivity contribution in [1.82, 2.24) is 0 Å². The van der Waals surface area contributed by atoms with E-state index < -0.39 is 56.3 Å². The predicted molar refractivity (Wildman–Crippen MR) is 98.5 cm³/mol. The van der Waals surface area contributed by atoms with E-state index in [2.05, 4.69) is 0 Å². The molecule has 1 fully saturated rings. The van der Waals surface area contributed by atoms with E-state index in [0.29, 0.717) is 0 Å². The predicted octanol–water partition coefficient (Wildman–Crippen LogP) is 2.07. The summed E-state index contributed by atoms with van der Waals surface area (Å²) in [4.78, 5) is 0. The Morgan fingerprint density at radius 2 is 0.667 bits per heavy atom. The highest BCUT2D eigenvalue weighted by Gasteiger charge is 2.44. The maximum Gasteiger partial charge on any atom is 0.467 e.